The molecule has 1 heterocycles. The molecule has 15 heavy (non-hydrogen) atoms. The molecule has 1 aromatic heterocycles. The van der Waals surface area contributed by atoms with Crippen LogP contribution in [0.2, 0.25) is 5.02 Å². The van der Waals surface area contributed by atoms with Crippen molar-refractivity contribution in [1.82, 2.24) is 0 Å². The molecule has 78 valence electrons. The summed E-state index contributed by atoms with van der Waals surface area (Å²) in [4.78, 5) is 1.26. The van der Waals surface area contributed by atoms with Crippen LogP contribution in [0.3, 0.4) is 0 Å². The van der Waals surface area contributed by atoms with Crippen molar-refractivity contribution in [2.75, 3.05) is 5.88 Å². The van der Waals surface area contributed by atoms with Crippen molar-refractivity contribution in [3.8, 4) is 0 Å². The fraction of sp³-hybridized carbons (Fsp3) is 0.167. The minimum absolute atomic E-state index is 0.209. The molecule has 2 rings (SSSR count). The van der Waals surface area contributed by atoms with Gasteiger partial charge in [-0.15, -0.1) is 22.9 Å². The van der Waals surface area contributed by atoms with E-state index in [4.69, 9.17) is 23.2 Å². The monoisotopic (exact) mass is 256 g/mol. The highest BCUT2D eigenvalue weighted by molar-refractivity contribution is 7.10. The van der Waals surface area contributed by atoms with E-state index in [1.54, 1.807) is 11.3 Å². The number of thiophene rings is 1. The molecule has 0 saturated heterocycles. The van der Waals surface area contributed by atoms with E-state index in [1.165, 1.54) is 4.88 Å². The SMILES string of the molecule is ClCC(c1cccs1)c1ccccc1Cl. The molecule has 0 bridgehead atoms. The van der Waals surface area contributed by atoms with Crippen LogP contribution in [-0.4, -0.2) is 5.88 Å². The highest BCUT2D eigenvalue weighted by Gasteiger charge is 2.16. The zero-order valence-corrected chi connectivity index (χ0v) is 10.3. The quantitative estimate of drug-likeness (QED) is 0.694. The molecule has 0 saturated carbocycles. The lowest BCUT2D eigenvalue weighted by Gasteiger charge is -2.13. The molecular formula is C12H10Cl2S. The van der Waals surface area contributed by atoms with Crippen LogP contribution in [0.15, 0.2) is 41.8 Å². The predicted octanol–water partition coefficient (Wildman–Crippen LogP) is 4.77. The highest BCUT2D eigenvalue weighted by atomic mass is 35.5. The van der Waals surface area contributed by atoms with E-state index in [-0.39, 0.29) is 5.92 Å². The van der Waals surface area contributed by atoms with Crippen molar-refractivity contribution in [1.29, 1.82) is 0 Å². The largest absolute Gasteiger partial charge is 0.148 e. The van der Waals surface area contributed by atoms with E-state index in [1.807, 2.05) is 30.3 Å². The first-order valence-corrected chi connectivity index (χ1v) is 6.46. The molecule has 0 amide bonds. The third kappa shape index (κ3) is 2.36. The Balaban J connectivity index is 2.40. The molecule has 0 aliphatic carbocycles. The van der Waals surface area contributed by atoms with Gasteiger partial charge in [-0.1, -0.05) is 35.9 Å². The standard InChI is InChI=1S/C12H10Cl2S/c13-8-10(12-6-3-7-15-12)9-4-1-2-5-11(9)14/h1-7,10H,8H2. The third-order valence-corrected chi connectivity index (χ3v) is 3.96. The van der Waals surface area contributed by atoms with Crippen molar-refractivity contribution in [2.45, 2.75) is 5.92 Å². The zero-order chi connectivity index (χ0) is 10.7. The van der Waals surface area contributed by atoms with E-state index >= 15 is 0 Å². The molecule has 0 aliphatic rings. The summed E-state index contributed by atoms with van der Waals surface area (Å²) in [5.74, 6) is 0.768. The van der Waals surface area contributed by atoms with Gasteiger partial charge in [0.25, 0.3) is 0 Å². The topological polar surface area (TPSA) is 0 Å². The van der Waals surface area contributed by atoms with E-state index in [0.29, 0.717) is 5.88 Å². The number of benzene rings is 1. The summed E-state index contributed by atoms with van der Waals surface area (Å²) >= 11 is 13.9. The van der Waals surface area contributed by atoms with E-state index in [0.717, 1.165) is 10.6 Å². The Morgan fingerprint density at radius 2 is 1.93 bits per heavy atom. The summed E-state index contributed by atoms with van der Waals surface area (Å²) < 4.78 is 0. The Hall–Kier alpha value is -0.500. The minimum atomic E-state index is 0.209. The molecule has 2 aromatic rings. The van der Waals surface area contributed by atoms with E-state index in [9.17, 15) is 0 Å². The molecule has 0 fully saturated rings. The smallest absolute Gasteiger partial charge is 0.0444 e. The number of alkyl halides is 1. The maximum Gasteiger partial charge on any atom is 0.0444 e. The van der Waals surface area contributed by atoms with Gasteiger partial charge in [-0.3, -0.25) is 0 Å². The van der Waals surface area contributed by atoms with Crippen LogP contribution in [-0.2, 0) is 0 Å². The minimum Gasteiger partial charge on any atom is -0.148 e. The zero-order valence-electron chi connectivity index (χ0n) is 7.99. The van der Waals surface area contributed by atoms with E-state index in [2.05, 4.69) is 11.4 Å². The van der Waals surface area contributed by atoms with Gasteiger partial charge >= 0.3 is 0 Å². The van der Waals surface area contributed by atoms with Gasteiger partial charge in [0.2, 0.25) is 0 Å². The van der Waals surface area contributed by atoms with Gasteiger partial charge in [-0.25, -0.2) is 0 Å². The first-order chi connectivity index (χ1) is 7.33. The lowest BCUT2D eigenvalue weighted by Crippen LogP contribution is -2.01. The summed E-state index contributed by atoms with van der Waals surface area (Å²) in [6.45, 7) is 0. The van der Waals surface area contributed by atoms with Gasteiger partial charge in [0.05, 0.1) is 0 Å². The summed E-state index contributed by atoms with van der Waals surface area (Å²) in [6, 6.07) is 12.0. The van der Waals surface area contributed by atoms with Crippen molar-refractivity contribution in [2.24, 2.45) is 0 Å². The molecule has 0 spiro atoms. The summed E-state index contributed by atoms with van der Waals surface area (Å²) in [5.41, 5.74) is 1.11. The Labute approximate surface area is 103 Å². The van der Waals surface area contributed by atoms with Gasteiger partial charge in [-0.05, 0) is 23.1 Å². The van der Waals surface area contributed by atoms with Crippen molar-refractivity contribution in [3.63, 3.8) is 0 Å². The fourth-order valence-corrected chi connectivity index (χ4v) is 3.10. The third-order valence-electron chi connectivity index (χ3n) is 2.32. The van der Waals surface area contributed by atoms with Gasteiger partial charge in [0.1, 0.15) is 0 Å². The highest BCUT2D eigenvalue weighted by Crippen LogP contribution is 2.33. The van der Waals surface area contributed by atoms with Crippen LogP contribution in [0.25, 0.3) is 0 Å². The Morgan fingerprint density at radius 1 is 1.13 bits per heavy atom. The second-order valence-corrected chi connectivity index (χ2v) is 4.94. The molecule has 1 aromatic carbocycles. The predicted molar refractivity (Wildman–Crippen MR) is 68.3 cm³/mol. The molecule has 0 radical (unpaired) electrons. The summed E-state index contributed by atoms with van der Waals surface area (Å²) in [7, 11) is 0. The van der Waals surface area contributed by atoms with Crippen LogP contribution in [0, 0.1) is 0 Å². The van der Waals surface area contributed by atoms with Crippen molar-refractivity contribution in [3.05, 3.63) is 57.2 Å². The maximum absolute atomic E-state index is 6.16. The van der Waals surface area contributed by atoms with Crippen LogP contribution >= 0.6 is 34.5 Å². The van der Waals surface area contributed by atoms with Gasteiger partial charge < -0.3 is 0 Å². The Morgan fingerprint density at radius 3 is 2.53 bits per heavy atom. The second kappa shape index (κ2) is 5.02. The van der Waals surface area contributed by atoms with E-state index < -0.39 is 0 Å². The van der Waals surface area contributed by atoms with Crippen LogP contribution in [0.5, 0.6) is 0 Å². The lowest BCUT2D eigenvalue weighted by molar-refractivity contribution is 0.957. The lowest BCUT2D eigenvalue weighted by atomic mass is 9.99. The number of hydrogen-bond acceptors (Lipinski definition) is 1. The molecule has 0 aliphatic heterocycles. The average molecular weight is 257 g/mol. The molecule has 1 unspecified atom stereocenters. The normalized spacial score (nSPS) is 12.7. The number of halogens is 2. The average Bonchev–Trinajstić information content (AvgIpc) is 2.75. The Bertz CT molecular complexity index is 423. The molecule has 0 nitrogen and oxygen atoms in total. The first-order valence-electron chi connectivity index (χ1n) is 4.66. The molecule has 3 heteroatoms. The molecule has 0 N–H and O–H groups in total. The first kappa shape index (κ1) is 11.0. The fourth-order valence-electron chi connectivity index (χ4n) is 1.56. The second-order valence-electron chi connectivity index (χ2n) is 3.24. The number of hydrogen-bond donors (Lipinski definition) is 0. The van der Waals surface area contributed by atoms with Crippen LogP contribution in [0.1, 0.15) is 16.4 Å². The van der Waals surface area contributed by atoms with Gasteiger partial charge in [-0.2, -0.15) is 0 Å². The molecular weight excluding hydrogens is 247 g/mol. The molecule has 1 atom stereocenters. The van der Waals surface area contributed by atoms with Crippen molar-refractivity contribution < 1.29 is 0 Å². The maximum atomic E-state index is 6.16. The van der Waals surface area contributed by atoms with Gasteiger partial charge in [0, 0.05) is 21.7 Å². The summed E-state index contributed by atoms with van der Waals surface area (Å²) in [6.07, 6.45) is 0. The van der Waals surface area contributed by atoms with Gasteiger partial charge in [0.15, 0.2) is 0 Å². The number of rotatable bonds is 3. The van der Waals surface area contributed by atoms with Crippen LogP contribution < -0.4 is 0 Å². The summed E-state index contributed by atoms with van der Waals surface area (Å²) in [5, 5.41) is 2.85. The Kier molecular flexibility index (Phi) is 3.68. The van der Waals surface area contributed by atoms with Crippen LogP contribution in [0.4, 0.5) is 0 Å². The van der Waals surface area contributed by atoms with Crippen molar-refractivity contribution >= 4 is 34.5 Å².